The third kappa shape index (κ3) is 5.84. The van der Waals surface area contributed by atoms with Gasteiger partial charge in [-0.2, -0.15) is 0 Å². The van der Waals surface area contributed by atoms with Gasteiger partial charge in [-0.15, -0.1) is 0 Å². The molecule has 26 heavy (non-hydrogen) atoms. The van der Waals surface area contributed by atoms with Crippen molar-refractivity contribution >= 4 is 17.8 Å². The highest BCUT2D eigenvalue weighted by Crippen LogP contribution is 2.26. The molecule has 7 heteroatoms. The van der Waals surface area contributed by atoms with E-state index in [1.807, 2.05) is 42.2 Å². The second-order valence-corrected chi connectivity index (χ2v) is 6.71. The van der Waals surface area contributed by atoms with E-state index in [1.165, 1.54) is 6.92 Å². The zero-order chi connectivity index (χ0) is 19.1. The Bertz CT molecular complexity index is 629. The van der Waals surface area contributed by atoms with Crippen LogP contribution in [-0.4, -0.2) is 53.0 Å². The third-order valence-corrected chi connectivity index (χ3v) is 4.71. The normalized spacial score (nSPS) is 20.1. The highest BCUT2D eigenvalue weighted by atomic mass is 16.4. The second-order valence-electron chi connectivity index (χ2n) is 6.71. The van der Waals surface area contributed by atoms with Crippen molar-refractivity contribution in [1.82, 2.24) is 15.5 Å². The minimum Gasteiger partial charge on any atom is -0.480 e. The van der Waals surface area contributed by atoms with Crippen molar-refractivity contribution in [1.29, 1.82) is 0 Å². The third-order valence-electron chi connectivity index (χ3n) is 4.71. The van der Waals surface area contributed by atoms with Crippen LogP contribution in [0.1, 0.15) is 44.7 Å². The van der Waals surface area contributed by atoms with E-state index in [0.717, 1.165) is 18.4 Å². The Hall–Kier alpha value is -2.41. The number of rotatable bonds is 9. The van der Waals surface area contributed by atoms with E-state index in [-0.39, 0.29) is 42.9 Å². The minimum atomic E-state index is -0.833. The molecular weight excluding hydrogens is 334 g/mol. The Morgan fingerprint density at radius 1 is 1.23 bits per heavy atom. The highest BCUT2D eigenvalue weighted by Gasteiger charge is 2.34. The summed E-state index contributed by atoms with van der Waals surface area (Å²) in [5.74, 6) is -1.12. The van der Waals surface area contributed by atoms with Crippen molar-refractivity contribution in [3.05, 3.63) is 35.9 Å². The Kier molecular flexibility index (Phi) is 7.15. The monoisotopic (exact) mass is 361 g/mol. The number of likely N-dealkylation sites (N-methyl/N-ethyl adjacent to an activating group) is 1. The van der Waals surface area contributed by atoms with E-state index < -0.39 is 5.97 Å². The molecule has 0 bridgehead atoms. The van der Waals surface area contributed by atoms with Gasteiger partial charge in [0.2, 0.25) is 11.8 Å². The van der Waals surface area contributed by atoms with E-state index in [9.17, 15) is 14.4 Å². The molecule has 1 unspecified atom stereocenters. The molecule has 0 saturated heterocycles. The maximum absolute atomic E-state index is 12.4. The molecule has 1 atom stereocenters. The van der Waals surface area contributed by atoms with Gasteiger partial charge in [0, 0.05) is 19.0 Å². The van der Waals surface area contributed by atoms with Crippen LogP contribution < -0.4 is 10.6 Å². The number of carboxylic acids is 1. The first kappa shape index (κ1) is 19.9. The molecule has 0 radical (unpaired) electrons. The van der Waals surface area contributed by atoms with Gasteiger partial charge in [-0.1, -0.05) is 37.3 Å². The van der Waals surface area contributed by atoms with Crippen LogP contribution in [-0.2, 0) is 14.4 Å². The average molecular weight is 361 g/mol. The molecule has 0 aliphatic heterocycles. The lowest BCUT2D eigenvalue weighted by Gasteiger charge is -2.42. The van der Waals surface area contributed by atoms with E-state index in [4.69, 9.17) is 5.11 Å². The van der Waals surface area contributed by atoms with Crippen molar-refractivity contribution in [2.45, 2.75) is 51.2 Å². The molecule has 1 aromatic carbocycles. The van der Waals surface area contributed by atoms with Gasteiger partial charge in [0.25, 0.3) is 0 Å². The van der Waals surface area contributed by atoms with Crippen molar-refractivity contribution < 1.29 is 19.5 Å². The van der Waals surface area contributed by atoms with Crippen LogP contribution in [0.25, 0.3) is 0 Å². The Labute approximate surface area is 153 Å². The molecule has 1 aliphatic carbocycles. The molecule has 2 amide bonds. The summed E-state index contributed by atoms with van der Waals surface area (Å²) in [5, 5.41) is 14.7. The van der Waals surface area contributed by atoms with Crippen LogP contribution in [0.4, 0.5) is 0 Å². The van der Waals surface area contributed by atoms with Crippen LogP contribution in [0.5, 0.6) is 0 Å². The molecule has 3 N–H and O–H groups in total. The summed E-state index contributed by atoms with van der Waals surface area (Å²) >= 11 is 0. The van der Waals surface area contributed by atoms with E-state index in [2.05, 4.69) is 10.6 Å². The van der Waals surface area contributed by atoms with Gasteiger partial charge >= 0.3 is 5.97 Å². The van der Waals surface area contributed by atoms with Gasteiger partial charge in [0.05, 0.1) is 19.0 Å². The van der Waals surface area contributed by atoms with Crippen LogP contribution in [0, 0.1) is 0 Å². The SMILES string of the molecule is CCN(CC(=O)O)C1CC(NC(=O)CC(NC(C)=O)c2ccccc2)C1. The van der Waals surface area contributed by atoms with Gasteiger partial charge in [-0.3, -0.25) is 19.3 Å². The maximum atomic E-state index is 12.4. The number of aliphatic carboxylic acids is 1. The fourth-order valence-corrected chi connectivity index (χ4v) is 3.33. The highest BCUT2D eigenvalue weighted by molar-refractivity contribution is 5.79. The number of benzene rings is 1. The van der Waals surface area contributed by atoms with E-state index in [1.54, 1.807) is 0 Å². The summed E-state index contributed by atoms with van der Waals surface area (Å²) in [5.41, 5.74) is 0.892. The number of nitrogens with zero attached hydrogens (tertiary/aromatic N) is 1. The molecule has 142 valence electrons. The fourth-order valence-electron chi connectivity index (χ4n) is 3.33. The summed E-state index contributed by atoms with van der Waals surface area (Å²) < 4.78 is 0. The Morgan fingerprint density at radius 3 is 2.42 bits per heavy atom. The second kappa shape index (κ2) is 9.33. The summed E-state index contributed by atoms with van der Waals surface area (Å²) in [4.78, 5) is 36.6. The van der Waals surface area contributed by atoms with Gasteiger partial charge in [0.15, 0.2) is 0 Å². The quantitative estimate of drug-likeness (QED) is 0.616. The predicted molar refractivity (Wildman–Crippen MR) is 97.5 cm³/mol. The minimum absolute atomic E-state index is 0.0282. The van der Waals surface area contributed by atoms with Gasteiger partial charge < -0.3 is 15.7 Å². The number of carboxylic acid groups (broad SMARTS) is 1. The molecule has 2 rings (SSSR count). The number of carbonyl (C=O) groups is 3. The summed E-state index contributed by atoms with van der Waals surface area (Å²) in [7, 11) is 0. The fraction of sp³-hybridized carbons (Fsp3) is 0.526. The lowest BCUT2D eigenvalue weighted by molar-refractivity contribution is -0.140. The maximum Gasteiger partial charge on any atom is 0.317 e. The Balaban J connectivity index is 1.84. The standard InChI is InChI=1S/C19H27N3O4/c1-3-22(12-19(25)26)16-9-15(10-16)21-18(24)11-17(20-13(2)23)14-7-5-4-6-8-14/h4-8,15-17H,3,9-12H2,1-2H3,(H,20,23)(H,21,24)(H,25,26). The number of hydrogen-bond acceptors (Lipinski definition) is 4. The first-order valence-corrected chi connectivity index (χ1v) is 8.96. The topological polar surface area (TPSA) is 98.7 Å². The van der Waals surface area contributed by atoms with E-state index in [0.29, 0.717) is 6.54 Å². The number of amides is 2. The van der Waals surface area contributed by atoms with Crippen molar-refractivity contribution in [2.75, 3.05) is 13.1 Å². The molecule has 0 aromatic heterocycles. The molecule has 0 spiro atoms. The molecule has 1 saturated carbocycles. The number of carbonyl (C=O) groups excluding carboxylic acids is 2. The van der Waals surface area contributed by atoms with Crippen molar-refractivity contribution in [3.63, 3.8) is 0 Å². The van der Waals surface area contributed by atoms with Crippen LogP contribution in [0.3, 0.4) is 0 Å². The zero-order valence-electron chi connectivity index (χ0n) is 15.3. The largest absolute Gasteiger partial charge is 0.480 e. The molecule has 1 aliphatic rings. The van der Waals surface area contributed by atoms with E-state index >= 15 is 0 Å². The lowest BCUT2D eigenvalue weighted by Crippen LogP contribution is -2.55. The molecule has 1 aromatic rings. The first-order valence-electron chi connectivity index (χ1n) is 8.96. The first-order chi connectivity index (χ1) is 12.4. The zero-order valence-corrected chi connectivity index (χ0v) is 15.3. The van der Waals surface area contributed by atoms with Crippen LogP contribution in [0.2, 0.25) is 0 Å². The van der Waals surface area contributed by atoms with Gasteiger partial charge in [-0.25, -0.2) is 0 Å². The lowest BCUT2D eigenvalue weighted by atomic mass is 9.85. The number of nitrogens with one attached hydrogen (secondary N) is 2. The number of hydrogen-bond donors (Lipinski definition) is 3. The molecule has 0 heterocycles. The van der Waals surface area contributed by atoms with Crippen LogP contribution in [0.15, 0.2) is 30.3 Å². The smallest absolute Gasteiger partial charge is 0.317 e. The summed E-state index contributed by atoms with van der Waals surface area (Å²) in [6, 6.07) is 9.31. The predicted octanol–water partition coefficient (Wildman–Crippen LogP) is 1.31. The van der Waals surface area contributed by atoms with Crippen molar-refractivity contribution in [3.8, 4) is 0 Å². The average Bonchev–Trinajstić information content (AvgIpc) is 2.55. The van der Waals surface area contributed by atoms with Gasteiger partial charge in [0.1, 0.15) is 0 Å². The van der Waals surface area contributed by atoms with Crippen LogP contribution >= 0.6 is 0 Å². The van der Waals surface area contributed by atoms with Crippen molar-refractivity contribution in [2.24, 2.45) is 0 Å². The Morgan fingerprint density at radius 2 is 1.88 bits per heavy atom. The summed E-state index contributed by atoms with van der Waals surface area (Å²) in [6.45, 7) is 4.08. The molecular formula is C19H27N3O4. The van der Waals surface area contributed by atoms with Gasteiger partial charge in [-0.05, 0) is 24.9 Å². The molecule has 1 fully saturated rings. The summed E-state index contributed by atoms with van der Waals surface area (Å²) in [6.07, 6.45) is 1.68. The molecule has 7 nitrogen and oxygen atoms in total.